The van der Waals surface area contributed by atoms with Crippen molar-refractivity contribution in [1.82, 2.24) is 4.90 Å². The summed E-state index contributed by atoms with van der Waals surface area (Å²) in [6.07, 6.45) is 2.65. The van der Waals surface area contributed by atoms with Crippen LogP contribution >= 0.6 is 0 Å². The summed E-state index contributed by atoms with van der Waals surface area (Å²) in [6.45, 7) is 5.94. The number of sulfonamides is 1. The van der Waals surface area contributed by atoms with Crippen molar-refractivity contribution in [3.05, 3.63) is 29.8 Å². The predicted molar refractivity (Wildman–Crippen MR) is 88.7 cm³/mol. The van der Waals surface area contributed by atoms with Gasteiger partial charge in [0.2, 0.25) is 10.0 Å². The smallest absolute Gasteiger partial charge is 0.253 e. The van der Waals surface area contributed by atoms with Crippen LogP contribution in [-0.2, 0) is 10.0 Å². The number of carbonyl (C=O) groups is 1. The molecule has 0 aliphatic carbocycles. The van der Waals surface area contributed by atoms with Crippen LogP contribution in [0.4, 0.5) is 5.69 Å². The lowest BCUT2D eigenvalue weighted by Gasteiger charge is -2.22. The molecule has 0 spiro atoms. The van der Waals surface area contributed by atoms with Crippen LogP contribution in [0.3, 0.4) is 0 Å². The minimum atomic E-state index is -3.21. The molecule has 0 radical (unpaired) electrons. The summed E-state index contributed by atoms with van der Waals surface area (Å²) >= 11 is 0. The largest absolute Gasteiger partial charge is 0.339 e. The molecular formula is C16H24N2O3S. The van der Waals surface area contributed by atoms with Crippen molar-refractivity contribution in [2.45, 2.75) is 33.1 Å². The zero-order valence-corrected chi connectivity index (χ0v) is 14.1. The van der Waals surface area contributed by atoms with Gasteiger partial charge in [0.05, 0.1) is 11.4 Å². The average Bonchev–Trinajstić information content (AvgIpc) is 2.87. The third kappa shape index (κ3) is 3.61. The number of hydrogen-bond acceptors (Lipinski definition) is 3. The Kier molecular flexibility index (Phi) is 5.45. The number of benzene rings is 1. The molecule has 1 saturated heterocycles. The molecule has 1 aromatic carbocycles. The van der Waals surface area contributed by atoms with E-state index in [1.165, 1.54) is 4.31 Å². The molecule has 22 heavy (non-hydrogen) atoms. The third-order valence-electron chi connectivity index (χ3n) is 3.93. The lowest BCUT2D eigenvalue weighted by molar-refractivity contribution is 0.0762. The Morgan fingerprint density at radius 1 is 1.32 bits per heavy atom. The van der Waals surface area contributed by atoms with Gasteiger partial charge in [-0.05, 0) is 38.0 Å². The summed E-state index contributed by atoms with van der Waals surface area (Å²) in [4.78, 5) is 14.4. The number of amides is 1. The monoisotopic (exact) mass is 324 g/mol. The van der Waals surface area contributed by atoms with Crippen LogP contribution in [0, 0.1) is 0 Å². The molecule has 6 heteroatoms. The van der Waals surface area contributed by atoms with E-state index in [0.717, 1.165) is 19.4 Å². The van der Waals surface area contributed by atoms with Gasteiger partial charge in [-0.25, -0.2) is 8.42 Å². The van der Waals surface area contributed by atoms with Crippen molar-refractivity contribution < 1.29 is 13.2 Å². The minimum Gasteiger partial charge on any atom is -0.339 e. The molecule has 0 atom stereocenters. The summed E-state index contributed by atoms with van der Waals surface area (Å²) in [5, 5.41) is 0. The quantitative estimate of drug-likeness (QED) is 0.808. The molecule has 122 valence electrons. The highest BCUT2D eigenvalue weighted by molar-refractivity contribution is 7.93. The van der Waals surface area contributed by atoms with E-state index in [4.69, 9.17) is 0 Å². The van der Waals surface area contributed by atoms with Gasteiger partial charge in [0.15, 0.2) is 0 Å². The molecule has 1 amide bonds. The van der Waals surface area contributed by atoms with Crippen molar-refractivity contribution in [2.24, 2.45) is 0 Å². The van der Waals surface area contributed by atoms with Crippen molar-refractivity contribution >= 4 is 21.6 Å². The van der Waals surface area contributed by atoms with E-state index in [0.29, 0.717) is 30.8 Å². The van der Waals surface area contributed by atoms with Crippen molar-refractivity contribution in [3.63, 3.8) is 0 Å². The first-order valence-electron chi connectivity index (χ1n) is 7.89. The highest BCUT2D eigenvalue weighted by Crippen LogP contribution is 2.25. The standard InChI is InChI=1S/C16H24N2O3S/c1-3-5-10-17(4-2)16(19)14-8-6-9-15(13-14)18-11-7-12-22(18,20)21/h6,8-9,13H,3-5,7,10-12H2,1-2H3. The lowest BCUT2D eigenvalue weighted by Crippen LogP contribution is -2.32. The molecule has 1 aliphatic rings. The summed E-state index contributed by atoms with van der Waals surface area (Å²) in [5.41, 5.74) is 1.15. The molecule has 0 N–H and O–H groups in total. The summed E-state index contributed by atoms with van der Waals surface area (Å²) in [7, 11) is -3.21. The molecule has 2 rings (SSSR count). The average molecular weight is 324 g/mol. The maximum Gasteiger partial charge on any atom is 0.253 e. The van der Waals surface area contributed by atoms with Crippen LogP contribution in [-0.4, -0.2) is 44.6 Å². The van der Waals surface area contributed by atoms with Gasteiger partial charge in [-0.2, -0.15) is 0 Å². The lowest BCUT2D eigenvalue weighted by atomic mass is 10.1. The Balaban J connectivity index is 2.22. The molecule has 1 heterocycles. The normalized spacial score (nSPS) is 16.7. The number of hydrogen-bond donors (Lipinski definition) is 0. The van der Waals surface area contributed by atoms with E-state index in [2.05, 4.69) is 6.92 Å². The molecule has 1 aliphatic heterocycles. The molecule has 0 saturated carbocycles. The van der Waals surface area contributed by atoms with Crippen LogP contribution in [0.15, 0.2) is 24.3 Å². The maximum atomic E-state index is 12.6. The minimum absolute atomic E-state index is 0.0330. The summed E-state index contributed by atoms with van der Waals surface area (Å²) in [6, 6.07) is 6.95. The van der Waals surface area contributed by atoms with Crippen LogP contribution < -0.4 is 4.31 Å². The van der Waals surface area contributed by atoms with Crippen molar-refractivity contribution in [2.75, 3.05) is 29.7 Å². The van der Waals surface area contributed by atoms with E-state index >= 15 is 0 Å². The SMILES string of the molecule is CCCCN(CC)C(=O)c1cccc(N2CCCS2(=O)=O)c1. The first kappa shape index (κ1) is 16.8. The molecule has 1 aromatic rings. The second kappa shape index (κ2) is 7.13. The van der Waals surface area contributed by atoms with Gasteiger partial charge in [-0.1, -0.05) is 19.4 Å². The second-order valence-electron chi connectivity index (χ2n) is 5.53. The first-order chi connectivity index (χ1) is 10.5. The topological polar surface area (TPSA) is 57.7 Å². The Morgan fingerprint density at radius 2 is 2.09 bits per heavy atom. The van der Waals surface area contributed by atoms with Crippen molar-refractivity contribution in [3.8, 4) is 0 Å². The highest BCUT2D eigenvalue weighted by atomic mass is 32.2. The molecule has 0 aromatic heterocycles. The fourth-order valence-corrected chi connectivity index (χ4v) is 4.21. The number of carbonyl (C=O) groups excluding carboxylic acids is 1. The Bertz CT molecular complexity index is 628. The van der Waals surface area contributed by atoms with Crippen molar-refractivity contribution in [1.29, 1.82) is 0 Å². The van der Waals surface area contributed by atoms with Gasteiger partial charge in [0.25, 0.3) is 5.91 Å². The van der Waals surface area contributed by atoms with Gasteiger partial charge in [-0.3, -0.25) is 9.10 Å². The number of anilines is 1. The third-order valence-corrected chi connectivity index (χ3v) is 5.80. The molecule has 0 unspecified atom stereocenters. The van der Waals surface area contributed by atoms with E-state index in [9.17, 15) is 13.2 Å². The Morgan fingerprint density at radius 3 is 2.68 bits per heavy atom. The number of nitrogens with zero attached hydrogens (tertiary/aromatic N) is 2. The van der Waals surface area contributed by atoms with Gasteiger partial charge in [-0.15, -0.1) is 0 Å². The maximum absolute atomic E-state index is 12.6. The zero-order valence-electron chi connectivity index (χ0n) is 13.3. The fourth-order valence-electron chi connectivity index (χ4n) is 2.66. The predicted octanol–water partition coefficient (Wildman–Crippen LogP) is 2.49. The van der Waals surface area contributed by atoms with E-state index in [1.54, 1.807) is 29.2 Å². The second-order valence-corrected chi connectivity index (χ2v) is 7.54. The van der Waals surface area contributed by atoms with Gasteiger partial charge < -0.3 is 4.90 Å². The first-order valence-corrected chi connectivity index (χ1v) is 9.50. The van der Waals surface area contributed by atoms with Crippen LogP contribution in [0.25, 0.3) is 0 Å². The molecule has 0 bridgehead atoms. The van der Waals surface area contributed by atoms with Gasteiger partial charge in [0, 0.05) is 25.2 Å². The van der Waals surface area contributed by atoms with E-state index in [-0.39, 0.29) is 11.7 Å². The number of rotatable bonds is 6. The van der Waals surface area contributed by atoms with Gasteiger partial charge in [0.1, 0.15) is 0 Å². The van der Waals surface area contributed by atoms with Gasteiger partial charge >= 0.3 is 0 Å². The van der Waals surface area contributed by atoms with Crippen LogP contribution in [0.5, 0.6) is 0 Å². The van der Waals surface area contributed by atoms with Crippen LogP contribution in [0.2, 0.25) is 0 Å². The number of unbranched alkanes of at least 4 members (excludes halogenated alkanes) is 1. The van der Waals surface area contributed by atoms with E-state index < -0.39 is 10.0 Å². The molecule has 5 nitrogen and oxygen atoms in total. The van der Waals surface area contributed by atoms with E-state index in [1.807, 2.05) is 6.92 Å². The summed E-state index contributed by atoms with van der Waals surface area (Å²) in [5.74, 6) is 0.150. The Hall–Kier alpha value is -1.56. The zero-order chi connectivity index (χ0) is 16.2. The Labute approximate surface area is 133 Å². The fraction of sp³-hybridized carbons (Fsp3) is 0.562. The van der Waals surface area contributed by atoms with Crippen LogP contribution in [0.1, 0.15) is 43.5 Å². The molecule has 1 fully saturated rings. The summed E-state index contributed by atoms with van der Waals surface area (Å²) < 4.78 is 25.4. The highest BCUT2D eigenvalue weighted by Gasteiger charge is 2.28. The molecular weight excluding hydrogens is 300 g/mol.